The number of benzene rings is 2. The Morgan fingerprint density at radius 2 is 1.91 bits per heavy atom. The molecule has 0 radical (unpaired) electrons. The zero-order valence-electron chi connectivity index (χ0n) is 12.7. The van der Waals surface area contributed by atoms with Crippen LogP contribution in [0.4, 0.5) is 4.39 Å². The molecule has 0 aliphatic carbocycles. The molecular weight excluding hydrogens is 319 g/mol. The standard InChI is InChI=1S/C17H17FO4S/c1-20-15-6-5-14(18)9-13(15)11-23(19)10-12-3-2-4-16-17(12)22-8-7-21-16/h2-6,9H,7-8,10-11H2,1H3/t23-/m0/s1. The Kier molecular flexibility index (Phi) is 4.81. The predicted molar refractivity (Wildman–Crippen MR) is 85.9 cm³/mol. The molecule has 0 spiro atoms. The highest BCUT2D eigenvalue weighted by Crippen LogP contribution is 2.34. The third-order valence-electron chi connectivity index (χ3n) is 3.52. The van der Waals surface area contributed by atoms with E-state index in [0.29, 0.717) is 41.8 Å². The third kappa shape index (κ3) is 3.64. The Morgan fingerprint density at radius 3 is 2.74 bits per heavy atom. The molecule has 122 valence electrons. The first kappa shape index (κ1) is 15.8. The number of hydrogen-bond acceptors (Lipinski definition) is 4. The van der Waals surface area contributed by atoms with Gasteiger partial charge in [0.15, 0.2) is 11.5 Å². The number of methoxy groups -OCH3 is 1. The first-order valence-electron chi connectivity index (χ1n) is 7.22. The molecule has 0 saturated heterocycles. The van der Waals surface area contributed by atoms with Crippen LogP contribution in [0.1, 0.15) is 11.1 Å². The highest BCUT2D eigenvalue weighted by molar-refractivity contribution is 7.83. The van der Waals surface area contributed by atoms with Crippen molar-refractivity contribution in [1.82, 2.24) is 0 Å². The SMILES string of the molecule is COc1ccc(F)cc1C[S@@](=O)Cc1cccc2c1OCCO2. The molecule has 4 nitrogen and oxygen atoms in total. The number of hydrogen-bond donors (Lipinski definition) is 0. The van der Waals surface area contributed by atoms with Gasteiger partial charge in [0.2, 0.25) is 0 Å². The van der Waals surface area contributed by atoms with E-state index in [-0.39, 0.29) is 11.6 Å². The van der Waals surface area contributed by atoms with E-state index in [0.717, 1.165) is 5.56 Å². The zero-order chi connectivity index (χ0) is 16.2. The van der Waals surface area contributed by atoms with E-state index in [1.54, 1.807) is 6.07 Å². The minimum Gasteiger partial charge on any atom is -0.496 e. The molecule has 0 saturated carbocycles. The molecule has 2 aromatic carbocycles. The summed E-state index contributed by atoms with van der Waals surface area (Å²) in [5.74, 6) is 2.02. The summed E-state index contributed by atoms with van der Waals surface area (Å²) < 4.78 is 42.2. The van der Waals surface area contributed by atoms with Gasteiger partial charge in [0.05, 0.1) is 18.6 Å². The molecule has 0 N–H and O–H groups in total. The van der Waals surface area contributed by atoms with Crippen molar-refractivity contribution in [3.63, 3.8) is 0 Å². The van der Waals surface area contributed by atoms with E-state index in [4.69, 9.17) is 14.2 Å². The van der Waals surface area contributed by atoms with Gasteiger partial charge < -0.3 is 14.2 Å². The quantitative estimate of drug-likeness (QED) is 0.842. The molecule has 1 atom stereocenters. The van der Waals surface area contributed by atoms with Crippen molar-refractivity contribution in [2.24, 2.45) is 0 Å². The van der Waals surface area contributed by atoms with Crippen LogP contribution in [0.15, 0.2) is 36.4 Å². The molecule has 0 fully saturated rings. The summed E-state index contributed by atoms with van der Waals surface area (Å²) >= 11 is 0. The van der Waals surface area contributed by atoms with Gasteiger partial charge in [-0.3, -0.25) is 4.21 Å². The fourth-order valence-electron chi connectivity index (χ4n) is 2.51. The van der Waals surface area contributed by atoms with Crippen LogP contribution in [0.25, 0.3) is 0 Å². The summed E-state index contributed by atoms with van der Waals surface area (Å²) in [6.07, 6.45) is 0. The van der Waals surface area contributed by atoms with Crippen molar-refractivity contribution in [2.45, 2.75) is 11.5 Å². The smallest absolute Gasteiger partial charge is 0.165 e. The van der Waals surface area contributed by atoms with Crippen molar-refractivity contribution < 1.29 is 22.8 Å². The monoisotopic (exact) mass is 336 g/mol. The molecule has 0 amide bonds. The van der Waals surface area contributed by atoms with Crippen LogP contribution in [0, 0.1) is 5.82 Å². The Labute approximate surface area is 136 Å². The van der Waals surface area contributed by atoms with Gasteiger partial charge in [-0.1, -0.05) is 12.1 Å². The van der Waals surface area contributed by atoms with Gasteiger partial charge in [-0.05, 0) is 24.3 Å². The molecule has 1 heterocycles. The highest BCUT2D eigenvalue weighted by atomic mass is 32.2. The Bertz CT molecular complexity index is 733. The molecule has 0 bridgehead atoms. The summed E-state index contributed by atoms with van der Waals surface area (Å²) in [4.78, 5) is 0. The van der Waals surface area contributed by atoms with Crippen molar-refractivity contribution in [2.75, 3.05) is 20.3 Å². The Hall–Kier alpha value is -2.08. The summed E-state index contributed by atoms with van der Waals surface area (Å²) in [6, 6.07) is 9.78. The van der Waals surface area contributed by atoms with E-state index >= 15 is 0 Å². The van der Waals surface area contributed by atoms with E-state index in [1.165, 1.54) is 19.2 Å². The van der Waals surface area contributed by atoms with Crippen LogP contribution in [0.3, 0.4) is 0 Å². The van der Waals surface area contributed by atoms with E-state index in [1.807, 2.05) is 18.2 Å². The maximum atomic E-state index is 13.4. The minimum absolute atomic E-state index is 0.214. The van der Waals surface area contributed by atoms with Crippen molar-refractivity contribution in [3.8, 4) is 17.2 Å². The average Bonchev–Trinajstić information content (AvgIpc) is 2.55. The molecule has 3 rings (SSSR count). The summed E-state index contributed by atoms with van der Waals surface area (Å²) in [5.41, 5.74) is 1.42. The maximum absolute atomic E-state index is 13.4. The van der Waals surface area contributed by atoms with E-state index in [9.17, 15) is 8.60 Å². The van der Waals surface area contributed by atoms with E-state index < -0.39 is 10.8 Å². The lowest BCUT2D eigenvalue weighted by Crippen LogP contribution is -2.17. The largest absolute Gasteiger partial charge is 0.496 e. The van der Waals surface area contributed by atoms with Crippen molar-refractivity contribution >= 4 is 10.8 Å². The zero-order valence-corrected chi connectivity index (χ0v) is 13.5. The molecule has 0 aromatic heterocycles. The molecule has 23 heavy (non-hydrogen) atoms. The van der Waals surface area contributed by atoms with Gasteiger partial charge in [-0.15, -0.1) is 0 Å². The van der Waals surface area contributed by atoms with Gasteiger partial charge in [0.1, 0.15) is 24.8 Å². The minimum atomic E-state index is -1.22. The number of ether oxygens (including phenoxy) is 3. The van der Waals surface area contributed by atoms with Crippen LogP contribution in [0.5, 0.6) is 17.2 Å². The number of rotatable bonds is 5. The second-order valence-corrected chi connectivity index (χ2v) is 6.58. The molecule has 1 aliphatic rings. The number of para-hydroxylation sites is 1. The first-order chi connectivity index (χ1) is 11.2. The lowest BCUT2D eigenvalue weighted by Gasteiger charge is -2.20. The average molecular weight is 336 g/mol. The fraction of sp³-hybridized carbons (Fsp3) is 0.294. The molecule has 6 heteroatoms. The molecular formula is C17H17FO4S. The van der Waals surface area contributed by atoms with Crippen LogP contribution in [-0.4, -0.2) is 24.5 Å². The summed E-state index contributed by atoms with van der Waals surface area (Å²) in [5, 5.41) is 0. The number of fused-ring (bicyclic) bond motifs is 1. The second-order valence-electron chi connectivity index (χ2n) is 5.13. The lowest BCUT2D eigenvalue weighted by atomic mass is 10.2. The van der Waals surface area contributed by atoms with Gasteiger partial charge in [0.25, 0.3) is 0 Å². The van der Waals surface area contributed by atoms with Gasteiger partial charge in [-0.25, -0.2) is 4.39 Å². The lowest BCUT2D eigenvalue weighted by molar-refractivity contribution is 0.170. The Balaban J connectivity index is 1.77. The highest BCUT2D eigenvalue weighted by Gasteiger charge is 2.18. The normalized spacial score (nSPS) is 14.3. The molecule has 1 aliphatic heterocycles. The van der Waals surface area contributed by atoms with Crippen LogP contribution in [-0.2, 0) is 22.3 Å². The number of halogens is 1. The van der Waals surface area contributed by atoms with E-state index in [2.05, 4.69) is 0 Å². The van der Waals surface area contributed by atoms with Crippen LogP contribution >= 0.6 is 0 Å². The fourth-order valence-corrected chi connectivity index (χ4v) is 3.75. The molecule has 2 aromatic rings. The second kappa shape index (κ2) is 7.00. The van der Waals surface area contributed by atoms with Gasteiger partial charge in [-0.2, -0.15) is 0 Å². The first-order valence-corrected chi connectivity index (χ1v) is 8.71. The van der Waals surface area contributed by atoms with Crippen LogP contribution < -0.4 is 14.2 Å². The topological polar surface area (TPSA) is 44.8 Å². The summed E-state index contributed by atoms with van der Waals surface area (Å²) in [6.45, 7) is 0.994. The summed E-state index contributed by atoms with van der Waals surface area (Å²) in [7, 11) is 0.290. The third-order valence-corrected chi connectivity index (χ3v) is 4.79. The van der Waals surface area contributed by atoms with Gasteiger partial charge >= 0.3 is 0 Å². The Morgan fingerprint density at radius 1 is 1.13 bits per heavy atom. The van der Waals surface area contributed by atoms with Crippen molar-refractivity contribution in [1.29, 1.82) is 0 Å². The van der Waals surface area contributed by atoms with Crippen LogP contribution in [0.2, 0.25) is 0 Å². The predicted octanol–water partition coefficient (Wildman–Crippen LogP) is 3.05. The molecule has 0 unspecified atom stereocenters. The van der Waals surface area contributed by atoms with Gasteiger partial charge in [0, 0.05) is 21.9 Å². The van der Waals surface area contributed by atoms with Crippen molar-refractivity contribution in [3.05, 3.63) is 53.3 Å². The maximum Gasteiger partial charge on any atom is 0.165 e.